The first-order chi connectivity index (χ1) is 15.6. The molecule has 1 aliphatic rings. The van der Waals surface area contributed by atoms with Crippen molar-refractivity contribution in [1.82, 2.24) is 25.0 Å². The van der Waals surface area contributed by atoms with Crippen molar-refractivity contribution in [2.45, 2.75) is 52.2 Å². The molecule has 32 heavy (non-hydrogen) atoms. The molecule has 0 saturated carbocycles. The first kappa shape index (κ1) is 22.4. The minimum atomic E-state index is -0.0931. The number of H-pyrrole nitrogens is 1. The third-order valence-electron chi connectivity index (χ3n) is 5.99. The second-order valence-electron chi connectivity index (χ2n) is 8.59. The Hall–Kier alpha value is -2.77. The van der Waals surface area contributed by atoms with Crippen LogP contribution in [-0.2, 0) is 24.4 Å². The van der Waals surface area contributed by atoms with Gasteiger partial charge in [-0.1, -0.05) is 66.9 Å². The van der Waals surface area contributed by atoms with Gasteiger partial charge in [0.2, 0.25) is 5.91 Å². The van der Waals surface area contributed by atoms with Gasteiger partial charge in [0.1, 0.15) is 6.54 Å². The van der Waals surface area contributed by atoms with E-state index in [1.54, 1.807) is 4.57 Å². The topological polar surface area (TPSA) is 66.0 Å². The summed E-state index contributed by atoms with van der Waals surface area (Å²) in [6, 6.07) is 16.6. The van der Waals surface area contributed by atoms with Gasteiger partial charge in [-0.15, -0.1) is 0 Å². The number of aryl methyl sites for hydroxylation is 1. The van der Waals surface area contributed by atoms with Gasteiger partial charge < -0.3 is 5.32 Å². The molecule has 1 fully saturated rings. The van der Waals surface area contributed by atoms with E-state index < -0.39 is 0 Å². The summed E-state index contributed by atoms with van der Waals surface area (Å²) in [5.74, 6) is 0.576. The zero-order valence-electron chi connectivity index (χ0n) is 18.6. The number of aromatic amines is 1. The SMILES string of the molecule is Cc1ccc(-c2n[nH]c(=S)n2CC(=O)NCc2ccc(CN3CCCCCC3)cc2)cc1. The Morgan fingerprint density at radius 3 is 2.34 bits per heavy atom. The van der Waals surface area contributed by atoms with Gasteiger partial charge in [0.05, 0.1) is 0 Å². The van der Waals surface area contributed by atoms with Gasteiger partial charge in [0.25, 0.3) is 0 Å². The van der Waals surface area contributed by atoms with E-state index in [0.29, 0.717) is 17.1 Å². The number of amides is 1. The van der Waals surface area contributed by atoms with E-state index in [0.717, 1.165) is 17.7 Å². The zero-order valence-corrected chi connectivity index (χ0v) is 19.5. The van der Waals surface area contributed by atoms with Crippen molar-refractivity contribution in [3.8, 4) is 11.4 Å². The van der Waals surface area contributed by atoms with Crippen LogP contribution in [0.3, 0.4) is 0 Å². The molecule has 0 atom stereocenters. The quantitative estimate of drug-likeness (QED) is 0.517. The molecule has 0 radical (unpaired) electrons. The average molecular weight is 450 g/mol. The fraction of sp³-hybridized carbons (Fsp3) is 0.400. The molecular formula is C25H31N5OS. The van der Waals surface area contributed by atoms with Gasteiger partial charge in [0.15, 0.2) is 10.6 Å². The lowest BCUT2D eigenvalue weighted by Crippen LogP contribution is -2.27. The monoisotopic (exact) mass is 449 g/mol. The number of benzene rings is 2. The van der Waals surface area contributed by atoms with Crippen LogP contribution in [0.1, 0.15) is 42.4 Å². The molecular weight excluding hydrogens is 418 g/mol. The average Bonchev–Trinajstić information content (AvgIpc) is 2.99. The molecule has 168 valence electrons. The van der Waals surface area contributed by atoms with Crippen LogP contribution in [0, 0.1) is 11.7 Å². The van der Waals surface area contributed by atoms with E-state index >= 15 is 0 Å². The molecule has 0 spiro atoms. The molecule has 1 saturated heterocycles. The lowest BCUT2D eigenvalue weighted by atomic mass is 10.1. The summed E-state index contributed by atoms with van der Waals surface area (Å²) in [7, 11) is 0. The molecule has 0 aliphatic carbocycles. The molecule has 1 amide bonds. The Morgan fingerprint density at radius 1 is 1.00 bits per heavy atom. The van der Waals surface area contributed by atoms with Crippen molar-refractivity contribution >= 4 is 18.1 Å². The number of nitrogens with one attached hydrogen (secondary N) is 2. The standard InChI is InChI=1S/C25H31N5OS/c1-19-6-12-22(13-7-19)24-27-28-25(32)30(24)18-23(31)26-16-20-8-10-21(11-9-20)17-29-14-4-2-3-5-15-29/h6-13H,2-5,14-18H2,1H3,(H,26,31)(H,28,32). The minimum Gasteiger partial charge on any atom is -0.350 e. The molecule has 1 aromatic heterocycles. The summed E-state index contributed by atoms with van der Waals surface area (Å²) < 4.78 is 2.17. The van der Waals surface area contributed by atoms with Gasteiger partial charge in [-0.2, -0.15) is 5.10 Å². The van der Waals surface area contributed by atoms with Crippen molar-refractivity contribution in [3.05, 3.63) is 70.0 Å². The highest BCUT2D eigenvalue weighted by Crippen LogP contribution is 2.18. The predicted octanol–water partition coefficient (Wildman–Crippen LogP) is 4.61. The first-order valence-electron chi connectivity index (χ1n) is 11.4. The van der Waals surface area contributed by atoms with E-state index in [2.05, 4.69) is 44.7 Å². The number of likely N-dealkylation sites (tertiary alicyclic amines) is 1. The summed E-state index contributed by atoms with van der Waals surface area (Å²) in [6.45, 7) is 6.06. The van der Waals surface area contributed by atoms with Crippen molar-refractivity contribution in [1.29, 1.82) is 0 Å². The Kier molecular flexibility index (Phi) is 7.50. The van der Waals surface area contributed by atoms with Crippen LogP contribution in [0.4, 0.5) is 0 Å². The summed E-state index contributed by atoms with van der Waals surface area (Å²) in [5, 5.41) is 10.1. The van der Waals surface area contributed by atoms with E-state index in [9.17, 15) is 4.79 Å². The maximum Gasteiger partial charge on any atom is 0.240 e. The fourth-order valence-electron chi connectivity index (χ4n) is 4.10. The molecule has 4 rings (SSSR count). The number of carbonyl (C=O) groups excluding carboxylic acids is 1. The molecule has 3 aromatic rings. The Morgan fingerprint density at radius 2 is 1.66 bits per heavy atom. The number of rotatable bonds is 7. The third-order valence-corrected chi connectivity index (χ3v) is 6.30. The minimum absolute atomic E-state index is 0.0931. The number of hydrogen-bond donors (Lipinski definition) is 2. The van der Waals surface area contributed by atoms with Crippen LogP contribution in [0.25, 0.3) is 11.4 Å². The number of hydrogen-bond acceptors (Lipinski definition) is 4. The van der Waals surface area contributed by atoms with Crippen LogP contribution in [0.15, 0.2) is 48.5 Å². The van der Waals surface area contributed by atoms with E-state index in [4.69, 9.17) is 12.2 Å². The van der Waals surface area contributed by atoms with Gasteiger partial charge in [0, 0.05) is 18.7 Å². The van der Waals surface area contributed by atoms with Crippen molar-refractivity contribution in [2.75, 3.05) is 13.1 Å². The van der Waals surface area contributed by atoms with Gasteiger partial charge in [-0.05, 0) is 56.2 Å². The van der Waals surface area contributed by atoms with Gasteiger partial charge in [-0.3, -0.25) is 19.4 Å². The van der Waals surface area contributed by atoms with Crippen LogP contribution < -0.4 is 5.32 Å². The lowest BCUT2D eigenvalue weighted by Gasteiger charge is -2.19. The molecule has 0 bridgehead atoms. The Labute approximate surface area is 194 Å². The maximum absolute atomic E-state index is 12.6. The maximum atomic E-state index is 12.6. The van der Waals surface area contributed by atoms with Crippen LogP contribution in [0.5, 0.6) is 0 Å². The molecule has 6 nitrogen and oxygen atoms in total. The van der Waals surface area contributed by atoms with Crippen LogP contribution >= 0.6 is 12.2 Å². The largest absolute Gasteiger partial charge is 0.350 e. The Balaban J connectivity index is 1.32. The molecule has 1 aliphatic heterocycles. The van der Waals surface area contributed by atoms with Crippen molar-refractivity contribution in [3.63, 3.8) is 0 Å². The molecule has 0 unspecified atom stereocenters. The molecule has 2 N–H and O–H groups in total. The first-order valence-corrected chi connectivity index (χ1v) is 11.8. The van der Waals surface area contributed by atoms with E-state index in [1.165, 1.54) is 49.9 Å². The van der Waals surface area contributed by atoms with Crippen LogP contribution in [0.2, 0.25) is 0 Å². The number of aromatic nitrogens is 3. The summed E-state index contributed by atoms with van der Waals surface area (Å²) in [5.41, 5.74) is 4.52. The second-order valence-corrected chi connectivity index (χ2v) is 8.97. The second kappa shape index (κ2) is 10.7. The highest BCUT2D eigenvalue weighted by atomic mass is 32.1. The Bertz CT molecular complexity index is 1080. The molecule has 2 heterocycles. The highest BCUT2D eigenvalue weighted by Gasteiger charge is 2.13. The summed E-state index contributed by atoms with van der Waals surface area (Å²) >= 11 is 5.35. The summed E-state index contributed by atoms with van der Waals surface area (Å²) in [6.07, 6.45) is 5.31. The van der Waals surface area contributed by atoms with Gasteiger partial charge in [-0.25, -0.2) is 0 Å². The zero-order chi connectivity index (χ0) is 22.3. The summed E-state index contributed by atoms with van der Waals surface area (Å²) in [4.78, 5) is 15.2. The van der Waals surface area contributed by atoms with E-state index in [1.807, 2.05) is 31.2 Å². The highest BCUT2D eigenvalue weighted by molar-refractivity contribution is 7.71. The van der Waals surface area contributed by atoms with Crippen molar-refractivity contribution in [2.24, 2.45) is 0 Å². The number of nitrogens with zero attached hydrogens (tertiary/aromatic N) is 3. The van der Waals surface area contributed by atoms with Crippen molar-refractivity contribution < 1.29 is 4.79 Å². The van der Waals surface area contributed by atoms with Gasteiger partial charge >= 0.3 is 0 Å². The normalized spacial score (nSPS) is 14.8. The lowest BCUT2D eigenvalue weighted by molar-refractivity contribution is -0.121. The number of carbonyl (C=O) groups is 1. The molecule has 2 aromatic carbocycles. The van der Waals surface area contributed by atoms with E-state index in [-0.39, 0.29) is 12.5 Å². The molecule has 7 heteroatoms. The fourth-order valence-corrected chi connectivity index (χ4v) is 4.30. The van der Waals surface area contributed by atoms with Crippen LogP contribution in [-0.4, -0.2) is 38.7 Å². The predicted molar refractivity (Wildman–Crippen MR) is 130 cm³/mol. The third kappa shape index (κ3) is 5.93. The smallest absolute Gasteiger partial charge is 0.240 e.